The molecule has 1 aromatic carbocycles. The molecule has 8 nitrogen and oxygen atoms in total. The highest BCUT2D eigenvalue weighted by atomic mass is 16.3. The Bertz CT molecular complexity index is 1180. The minimum absolute atomic E-state index is 0.0957. The summed E-state index contributed by atoms with van der Waals surface area (Å²) >= 11 is 0. The fraction of sp³-hybridized carbons (Fsp3) is 0.167. The zero-order valence-corrected chi connectivity index (χ0v) is 14.5. The van der Waals surface area contributed by atoms with Crippen molar-refractivity contribution in [3.63, 3.8) is 0 Å². The summed E-state index contributed by atoms with van der Waals surface area (Å²) in [6.45, 7) is 5.54. The number of hydrogen-bond donors (Lipinski definition) is 2. The minimum atomic E-state index is -0.322. The number of aromatic amines is 1. The van der Waals surface area contributed by atoms with Crippen molar-refractivity contribution in [1.82, 2.24) is 29.7 Å². The van der Waals surface area contributed by atoms with E-state index < -0.39 is 0 Å². The predicted octanol–water partition coefficient (Wildman–Crippen LogP) is 2.20. The van der Waals surface area contributed by atoms with Crippen molar-refractivity contribution >= 4 is 11.0 Å². The van der Waals surface area contributed by atoms with Gasteiger partial charge in [-0.1, -0.05) is 6.07 Å². The number of benzene rings is 1. The molecule has 0 unspecified atom stereocenters. The molecule has 0 aliphatic rings. The van der Waals surface area contributed by atoms with Gasteiger partial charge < -0.3 is 10.1 Å². The Morgan fingerprint density at radius 1 is 1.15 bits per heavy atom. The topological polar surface area (TPSA) is 110 Å². The lowest BCUT2D eigenvalue weighted by atomic mass is 10.1. The van der Waals surface area contributed by atoms with E-state index >= 15 is 0 Å². The number of phenols is 1. The molecule has 0 spiro atoms. The number of phenolic OH excluding ortho intramolecular Hbond substituents is 1. The first kappa shape index (κ1) is 15.9. The second-order valence-corrected chi connectivity index (χ2v) is 6.16. The summed E-state index contributed by atoms with van der Waals surface area (Å²) in [5, 5.41) is 15.0. The van der Waals surface area contributed by atoms with Crippen molar-refractivity contribution < 1.29 is 5.11 Å². The molecule has 0 bridgehead atoms. The molecule has 130 valence electrons. The van der Waals surface area contributed by atoms with E-state index in [0.717, 1.165) is 11.1 Å². The van der Waals surface area contributed by atoms with E-state index in [1.165, 1.54) is 4.68 Å². The second kappa shape index (κ2) is 5.76. The number of aryl methyl sites for hydroxylation is 3. The van der Waals surface area contributed by atoms with Crippen LogP contribution in [-0.4, -0.2) is 34.8 Å². The van der Waals surface area contributed by atoms with Gasteiger partial charge in [0.25, 0.3) is 5.56 Å². The molecule has 0 aliphatic heterocycles. The highest BCUT2D eigenvalue weighted by molar-refractivity contribution is 5.76. The predicted molar refractivity (Wildman–Crippen MR) is 96.4 cm³/mol. The standard InChI is InChI=1S/C18H16N6O2/c1-9-6-10(2)15(14(25)7-9)24-8-12-16(23-24)21-17(22-18(12)26)13-4-5-19-11(3)20-13/h4-8,25H,1-3H3,(H,21,22,23,26). The summed E-state index contributed by atoms with van der Waals surface area (Å²) in [6, 6.07) is 5.26. The van der Waals surface area contributed by atoms with E-state index in [2.05, 4.69) is 25.0 Å². The third kappa shape index (κ3) is 2.61. The number of fused-ring (bicyclic) bond motifs is 1. The Morgan fingerprint density at radius 2 is 1.96 bits per heavy atom. The Labute approximate surface area is 148 Å². The lowest BCUT2D eigenvalue weighted by Crippen LogP contribution is -2.09. The number of rotatable bonds is 2. The number of nitrogens with zero attached hydrogens (tertiary/aromatic N) is 5. The zero-order valence-electron chi connectivity index (χ0n) is 14.5. The zero-order chi connectivity index (χ0) is 18.4. The third-order valence-corrected chi connectivity index (χ3v) is 4.06. The smallest absolute Gasteiger partial charge is 0.262 e. The van der Waals surface area contributed by atoms with Crippen molar-refractivity contribution in [3.05, 3.63) is 57.9 Å². The third-order valence-electron chi connectivity index (χ3n) is 4.06. The first-order chi connectivity index (χ1) is 12.4. The fourth-order valence-corrected chi connectivity index (χ4v) is 2.98. The molecule has 0 saturated carbocycles. The van der Waals surface area contributed by atoms with Crippen LogP contribution in [0.3, 0.4) is 0 Å². The Balaban J connectivity index is 1.92. The first-order valence-electron chi connectivity index (χ1n) is 8.02. The summed E-state index contributed by atoms with van der Waals surface area (Å²) in [4.78, 5) is 27.9. The molecular weight excluding hydrogens is 332 g/mol. The van der Waals surface area contributed by atoms with Crippen LogP contribution in [-0.2, 0) is 0 Å². The van der Waals surface area contributed by atoms with Crippen LogP contribution < -0.4 is 5.56 Å². The largest absolute Gasteiger partial charge is 0.506 e. The Morgan fingerprint density at radius 3 is 2.69 bits per heavy atom. The van der Waals surface area contributed by atoms with Gasteiger partial charge in [0.05, 0.1) is 0 Å². The van der Waals surface area contributed by atoms with E-state index in [0.29, 0.717) is 28.4 Å². The van der Waals surface area contributed by atoms with Gasteiger partial charge >= 0.3 is 0 Å². The van der Waals surface area contributed by atoms with E-state index in [1.54, 1.807) is 31.5 Å². The van der Waals surface area contributed by atoms with Crippen molar-refractivity contribution in [2.24, 2.45) is 0 Å². The highest BCUT2D eigenvalue weighted by Gasteiger charge is 2.15. The SMILES string of the molecule is Cc1cc(C)c(-n2cc3c(=O)[nH]c(-c4ccnc(C)n4)nc3n2)c(O)c1. The second-order valence-electron chi connectivity index (χ2n) is 6.16. The molecular formula is C18H16N6O2. The molecule has 26 heavy (non-hydrogen) atoms. The molecule has 3 heterocycles. The lowest BCUT2D eigenvalue weighted by molar-refractivity contribution is 0.469. The number of aromatic hydroxyl groups is 1. The maximum absolute atomic E-state index is 12.5. The fourth-order valence-electron chi connectivity index (χ4n) is 2.98. The van der Waals surface area contributed by atoms with E-state index in [4.69, 9.17) is 0 Å². The van der Waals surface area contributed by atoms with Crippen LogP contribution in [0.1, 0.15) is 17.0 Å². The van der Waals surface area contributed by atoms with Gasteiger partial charge in [0.15, 0.2) is 11.5 Å². The maximum atomic E-state index is 12.5. The molecule has 0 radical (unpaired) electrons. The molecule has 8 heteroatoms. The summed E-state index contributed by atoms with van der Waals surface area (Å²) < 4.78 is 1.48. The van der Waals surface area contributed by atoms with Gasteiger partial charge in [-0.25, -0.2) is 19.6 Å². The van der Waals surface area contributed by atoms with E-state index in [-0.39, 0.29) is 17.0 Å². The molecule has 2 N–H and O–H groups in total. The number of aromatic nitrogens is 6. The van der Waals surface area contributed by atoms with Crippen LogP contribution in [0.2, 0.25) is 0 Å². The first-order valence-corrected chi connectivity index (χ1v) is 8.02. The molecule has 0 amide bonds. The minimum Gasteiger partial charge on any atom is -0.506 e. The lowest BCUT2D eigenvalue weighted by Gasteiger charge is -2.09. The van der Waals surface area contributed by atoms with Gasteiger partial charge in [-0.05, 0) is 44.0 Å². The van der Waals surface area contributed by atoms with Gasteiger partial charge in [-0.2, -0.15) is 0 Å². The average Bonchev–Trinajstić information content (AvgIpc) is 2.98. The Hall–Kier alpha value is -3.55. The molecule has 4 rings (SSSR count). The van der Waals surface area contributed by atoms with E-state index in [1.807, 2.05) is 19.9 Å². The number of hydrogen-bond acceptors (Lipinski definition) is 6. The summed E-state index contributed by atoms with van der Waals surface area (Å²) in [6.07, 6.45) is 3.17. The summed E-state index contributed by atoms with van der Waals surface area (Å²) in [7, 11) is 0. The van der Waals surface area contributed by atoms with Crippen LogP contribution in [0.5, 0.6) is 5.75 Å². The highest BCUT2D eigenvalue weighted by Crippen LogP contribution is 2.27. The molecule has 0 saturated heterocycles. The normalized spacial score (nSPS) is 11.2. The maximum Gasteiger partial charge on any atom is 0.262 e. The van der Waals surface area contributed by atoms with Gasteiger partial charge in [-0.3, -0.25) is 4.79 Å². The van der Waals surface area contributed by atoms with Crippen molar-refractivity contribution in [3.8, 4) is 23.0 Å². The molecule has 4 aromatic rings. The number of nitrogens with one attached hydrogen (secondary N) is 1. The monoisotopic (exact) mass is 348 g/mol. The van der Waals surface area contributed by atoms with Crippen LogP contribution >= 0.6 is 0 Å². The molecule has 0 atom stereocenters. The van der Waals surface area contributed by atoms with Crippen LogP contribution in [0.15, 0.2) is 35.4 Å². The Kier molecular flexibility index (Phi) is 3.54. The van der Waals surface area contributed by atoms with Gasteiger partial charge in [0, 0.05) is 12.4 Å². The van der Waals surface area contributed by atoms with Gasteiger partial charge in [-0.15, -0.1) is 5.10 Å². The van der Waals surface area contributed by atoms with Crippen molar-refractivity contribution in [1.29, 1.82) is 0 Å². The molecule has 0 aliphatic carbocycles. The van der Waals surface area contributed by atoms with Gasteiger partial charge in [0.1, 0.15) is 28.3 Å². The molecule has 3 aromatic heterocycles. The van der Waals surface area contributed by atoms with Crippen molar-refractivity contribution in [2.75, 3.05) is 0 Å². The quantitative estimate of drug-likeness (QED) is 0.575. The molecule has 0 fully saturated rings. The van der Waals surface area contributed by atoms with Crippen molar-refractivity contribution in [2.45, 2.75) is 20.8 Å². The van der Waals surface area contributed by atoms with Crippen LogP contribution in [0, 0.1) is 20.8 Å². The van der Waals surface area contributed by atoms with Gasteiger partial charge in [0.2, 0.25) is 0 Å². The summed E-state index contributed by atoms with van der Waals surface area (Å²) in [5.41, 5.74) is 2.78. The average molecular weight is 348 g/mol. The van der Waals surface area contributed by atoms with E-state index in [9.17, 15) is 9.90 Å². The van der Waals surface area contributed by atoms with Crippen LogP contribution in [0.25, 0.3) is 28.2 Å². The number of H-pyrrole nitrogens is 1. The van der Waals surface area contributed by atoms with Crippen LogP contribution in [0.4, 0.5) is 0 Å². The summed E-state index contributed by atoms with van der Waals surface area (Å²) in [5.74, 6) is 0.998.